The minimum atomic E-state index is -7.31. The summed E-state index contributed by atoms with van der Waals surface area (Å²) in [5.74, 6) is -42.8. The van der Waals surface area contributed by atoms with Crippen LogP contribution in [0.4, 0.5) is 48.3 Å². The maximum absolute atomic E-state index is 13.2. The fourth-order valence-electron chi connectivity index (χ4n) is 1.41. The van der Waals surface area contributed by atoms with Gasteiger partial charge in [0.1, 0.15) is 0 Å². The van der Waals surface area contributed by atoms with Crippen molar-refractivity contribution < 1.29 is 57.8 Å². The Balaban J connectivity index is 3.78. The van der Waals surface area contributed by atoms with E-state index in [4.69, 9.17) is 0 Å². The summed E-state index contributed by atoms with van der Waals surface area (Å²) in [5.41, 5.74) is 0. The van der Waals surface area contributed by atoms with Gasteiger partial charge in [0.05, 0.1) is 0 Å². The molecule has 0 aromatic rings. The molecule has 0 heterocycles. The van der Waals surface area contributed by atoms with Crippen molar-refractivity contribution in [2.75, 3.05) is 0 Å². The molecule has 0 saturated heterocycles. The van der Waals surface area contributed by atoms with Crippen LogP contribution in [0.15, 0.2) is 0 Å². The normalized spacial score (nSPS) is 31.4. The van der Waals surface area contributed by atoms with Gasteiger partial charge in [0.25, 0.3) is 6.47 Å². The molecule has 0 bridgehead atoms. The van der Waals surface area contributed by atoms with Crippen molar-refractivity contribution in [3.8, 4) is 0 Å². The molecule has 0 aromatic heterocycles. The number of carbonyl (C=O) groups is 1. The summed E-state index contributed by atoms with van der Waals surface area (Å²) in [6, 6.07) is 0. The summed E-state index contributed by atoms with van der Waals surface area (Å²) in [6.45, 7) is -1.61. The van der Waals surface area contributed by atoms with Crippen LogP contribution in [-0.2, 0) is 9.53 Å². The molecular weight excluding hydrogens is 325 g/mol. The third kappa shape index (κ3) is 1.28. The highest BCUT2D eigenvalue weighted by Crippen LogP contribution is 2.69. The number of ether oxygens (including phenoxy) is 1. The molecule has 0 aromatic carbocycles. The Morgan fingerprint density at radius 3 is 1.05 bits per heavy atom. The lowest BCUT2D eigenvalue weighted by atomic mass is 9.78. The van der Waals surface area contributed by atoms with Crippen LogP contribution in [0.5, 0.6) is 0 Å². The van der Waals surface area contributed by atoms with Crippen molar-refractivity contribution in [3.05, 3.63) is 0 Å². The van der Waals surface area contributed by atoms with Crippen LogP contribution < -0.4 is 0 Å². The van der Waals surface area contributed by atoms with Crippen molar-refractivity contribution >= 4 is 6.47 Å². The van der Waals surface area contributed by atoms with Gasteiger partial charge in [-0.15, -0.1) is 0 Å². The quantitative estimate of drug-likeness (QED) is 0.576. The number of alkyl halides is 11. The molecule has 0 N–H and O–H groups in total. The Bertz CT molecular complexity index is 398. The lowest BCUT2D eigenvalue weighted by molar-refractivity contribution is -0.516. The smallest absolute Gasteiger partial charge is 0.391 e. The molecule has 1 rings (SSSR count). The van der Waals surface area contributed by atoms with E-state index in [1.165, 1.54) is 0 Å². The van der Waals surface area contributed by atoms with Gasteiger partial charge in [0.2, 0.25) is 0 Å². The van der Waals surface area contributed by atoms with Gasteiger partial charge in [-0.2, -0.15) is 48.3 Å². The van der Waals surface area contributed by atoms with Crippen LogP contribution in [0, 0.1) is 0 Å². The summed E-state index contributed by atoms with van der Waals surface area (Å²) < 4.78 is 143. The standard InChI is InChI=1S/C7HF11O2/c8-2(9)3(10,11)5(14,15)7(18,20-1-19)6(16,17)4(2,12)13/h1H. The van der Waals surface area contributed by atoms with Gasteiger partial charge in [-0.1, -0.05) is 0 Å². The van der Waals surface area contributed by atoms with E-state index in [0.29, 0.717) is 0 Å². The second-order valence-electron chi connectivity index (χ2n) is 3.68. The van der Waals surface area contributed by atoms with E-state index in [0.717, 1.165) is 0 Å². The minimum Gasteiger partial charge on any atom is -0.419 e. The van der Waals surface area contributed by atoms with Crippen molar-refractivity contribution in [2.45, 2.75) is 35.5 Å². The van der Waals surface area contributed by atoms with Crippen molar-refractivity contribution in [2.24, 2.45) is 0 Å². The van der Waals surface area contributed by atoms with Gasteiger partial charge in [-0.05, 0) is 0 Å². The maximum atomic E-state index is 13.2. The van der Waals surface area contributed by atoms with E-state index in [2.05, 4.69) is 4.74 Å². The number of rotatable bonds is 2. The molecule has 20 heavy (non-hydrogen) atoms. The van der Waals surface area contributed by atoms with Crippen LogP contribution in [0.25, 0.3) is 0 Å². The van der Waals surface area contributed by atoms with Crippen molar-refractivity contribution in [1.82, 2.24) is 0 Å². The van der Waals surface area contributed by atoms with Gasteiger partial charge in [-0.3, -0.25) is 4.79 Å². The van der Waals surface area contributed by atoms with Gasteiger partial charge in [0.15, 0.2) is 0 Å². The first kappa shape index (κ1) is 16.8. The van der Waals surface area contributed by atoms with Gasteiger partial charge < -0.3 is 4.74 Å². The molecule has 1 aliphatic rings. The molecule has 0 unspecified atom stereocenters. The van der Waals surface area contributed by atoms with Crippen molar-refractivity contribution in [3.63, 3.8) is 0 Å². The number of halogens is 11. The Labute approximate surface area is 101 Å². The predicted octanol–water partition coefficient (Wildman–Crippen LogP) is 3.02. The topological polar surface area (TPSA) is 26.3 Å². The SMILES string of the molecule is O=COC1(F)C(F)(F)C(F)(F)C(F)(F)C(F)(F)C1(F)F. The van der Waals surface area contributed by atoms with Crippen LogP contribution in [-0.4, -0.2) is 41.9 Å². The zero-order valence-corrected chi connectivity index (χ0v) is 8.55. The molecule has 0 spiro atoms. The first-order valence-corrected chi connectivity index (χ1v) is 4.25. The highest BCUT2D eigenvalue weighted by molar-refractivity contribution is 5.40. The molecule has 2 nitrogen and oxygen atoms in total. The second kappa shape index (κ2) is 3.67. The van der Waals surface area contributed by atoms with E-state index in [-0.39, 0.29) is 0 Å². The van der Waals surface area contributed by atoms with Crippen LogP contribution in [0.1, 0.15) is 0 Å². The van der Waals surface area contributed by atoms with E-state index in [9.17, 15) is 53.1 Å². The summed E-state index contributed by atoms with van der Waals surface area (Å²) >= 11 is 0. The zero-order chi connectivity index (χ0) is 16.4. The highest BCUT2D eigenvalue weighted by Gasteiger charge is 3.02. The first-order chi connectivity index (χ1) is 8.56. The van der Waals surface area contributed by atoms with Crippen LogP contribution in [0.3, 0.4) is 0 Å². The maximum Gasteiger partial charge on any atom is 0.391 e. The molecular formula is C7HF11O2. The Morgan fingerprint density at radius 2 is 0.800 bits per heavy atom. The van der Waals surface area contributed by atoms with Crippen molar-refractivity contribution in [1.29, 1.82) is 0 Å². The largest absolute Gasteiger partial charge is 0.419 e. The number of hydrogen-bond acceptors (Lipinski definition) is 2. The number of carbonyl (C=O) groups excluding carboxylic acids is 1. The molecule has 0 radical (unpaired) electrons. The first-order valence-electron chi connectivity index (χ1n) is 4.25. The average Bonchev–Trinajstić information content (AvgIpc) is 2.26. The van der Waals surface area contributed by atoms with Gasteiger partial charge in [-0.25, -0.2) is 0 Å². The van der Waals surface area contributed by atoms with E-state index in [1.54, 1.807) is 0 Å². The Kier molecular flexibility index (Phi) is 3.07. The van der Waals surface area contributed by atoms with E-state index >= 15 is 0 Å². The van der Waals surface area contributed by atoms with E-state index in [1.807, 2.05) is 0 Å². The van der Waals surface area contributed by atoms with Crippen LogP contribution in [0.2, 0.25) is 0 Å². The second-order valence-corrected chi connectivity index (χ2v) is 3.68. The van der Waals surface area contributed by atoms with Crippen LogP contribution >= 0.6 is 0 Å². The van der Waals surface area contributed by atoms with E-state index < -0.39 is 41.9 Å². The monoisotopic (exact) mass is 326 g/mol. The molecule has 1 saturated carbocycles. The fraction of sp³-hybridized carbons (Fsp3) is 0.857. The van der Waals surface area contributed by atoms with Gasteiger partial charge in [0, 0.05) is 0 Å². The predicted molar refractivity (Wildman–Crippen MR) is 35.7 cm³/mol. The summed E-state index contributed by atoms with van der Waals surface area (Å²) in [4.78, 5) is 9.63. The third-order valence-electron chi connectivity index (χ3n) is 2.60. The zero-order valence-electron chi connectivity index (χ0n) is 8.55. The number of hydrogen-bond donors (Lipinski definition) is 0. The lowest BCUT2D eigenvalue weighted by Crippen LogP contribution is -2.84. The third-order valence-corrected chi connectivity index (χ3v) is 2.60. The average molecular weight is 326 g/mol. The van der Waals surface area contributed by atoms with Gasteiger partial charge >= 0.3 is 35.5 Å². The summed E-state index contributed by atoms with van der Waals surface area (Å²) in [5, 5.41) is 0. The highest BCUT2D eigenvalue weighted by atomic mass is 19.4. The molecule has 118 valence electrons. The fourth-order valence-corrected chi connectivity index (χ4v) is 1.41. The molecule has 0 amide bonds. The molecule has 0 atom stereocenters. The summed E-state index contributed by atoms with van der Waals surface area (Å²) in [6.07, 6.45) is 0. The summed E-state index contributed by atoms with van der Waals surface area (Å²) in [7, 11) is 0. The molecule has 1 fully saturated rings. The minimum absolute atomic E-state index is 1.61. The molecule has 0 aliphatic heterocycles. The Hall–Kier alpha value is -1.30. The molecule has 13 heteroatoms. The Morgan fingerprint density at radius 1 is 0.550 bits per heavy atom. The molecule has 1 aliphatic carbocycles. The lowest BCUT2D eigenvalue weighted by Gasteiger charge is -2.50.